The van der Waals surface area contributed by atoms with Gasteiger partial charge in [-0.3, -0.25) is 19.5 Å². The number of amides is 1. The average molecular weight is 433 g/mol. The number of rotatable bonds is 7. The van der Waals surface area contributed by atoms with Gasteiger partial charge in [0.15, 0.2) is 11.0 Å². The van der Waals surface area contributed by atoms with E-state index in [4.69, 9.17) is 9.47 Å². The minimum Gasteiger partial charge on any atom is -0.378 e. The molecule has 3 heterocycles. The van der Waals surface area contributed by atoms with Crippen molar-refractivity contribution in [2.75, 3.05) is 38.7 Å². The van der Waals surface area contributed by atoms with Crippen molar-refractivity contribution in [1.29, 1.82) is 0 Å². The second kappa shape index (κ2) is 9.54. The van der Waals surface area contributed by atoms with Gasteiger partial charge in [-0.15, -0.1) is 10.2 Å². The Balaban J connectivity index is 1.53. The molecule has 2 saturated heterocycles. The van der Waals surface area contributed by atoms with Gasteiger partial charge in [0.25, 0.3) is 5.69 Å². The largest absolute Gasteiger partial charge is 0.378 e. The molecule has 30 heavy (non-hydrogen) atoms. The topological polar surface area (TPSA) is 113 Å². The first-order valence-electron chi connectivity index (χ1n) is 9.90. The molecule has 4 rings (SSSR count). The SMILES string of the molecule is O=C(CSc1nnc(-c2ccc([N+](=O)[O-])cc2)n1CC1CCCO1)N1CCOCC1. The van der Waals surface area contributed by atoms with E-state index in [0.717, 1.165) is 25.0 Å². The Morgan fingerprint density at radius 1 is 1.20 bits per heavy atom. The zero-order valence-electron chi connectivity index (χ0n) is 16.4. The Morgan fingerprint density at radius 2 is 1.97 bits per heavy atom. The zero-order valence-corrected chi connectivity index (χ0v) is 17.3. The molecule has 2 aromatic rings. The zero-order chi connectivity index (χ0) is 20.9. The summed E-state index contributed by atoms with van der Waals surface area (Å²) < 4.78 is 13.0. The lowest BCUT2D eigenvalue weighted by atomic mass is 10.2. The number of carbonyl (C=O) groups is 1. The number of hydrogen-bond acceptors (Lipinski definition) is 8. The number of aromatic nitrogens is 3. The lowest BCUT2D eigenvalue weighted by Crippen LogP contribution is -2.41. The normalized spacial score (nSPS) is 19.2. The maximum atomic E-state index is 12.5. The average Bonchev–Trinajstić information content (AvgIpc) is 3.43. The molecule has 1 amide bonds. The third kappa shape index (κ3) is 4.79. The van der Waals surface area contributed by atoms with Gasteiger partial charge in [0.05, 0.1) is 36.5 Å². The molecule has 160 valence electrons. The van der Waals surface area contributed by atoms with Crippen molar-refractivity contribution in [3.8, 4) is 11.4 Å². The van der Waals surface area contributed by atoms with Gasteiger partial charge in [0.1, 0.15) is 0 Å². The number of carbonyl (C=O) groups excluding carboxylic acids is 1. The van der Waals surface area contributed by atoms with Crippen molar-refractivity contribution >= 4 is 23.4 Å². The first-order valence-corrected chi connectivity index (χ1v) is 10.9. The summed E-state index contributed by atoms with van der Waals surface area (Å²) in [7, 11) is 0. The van der Waals surface area contributed by atoms with Crippen LogP contribution in [0.15, 0.2) is 29.4 Å². The molecule has 1 aromatic carbocycles. The quantitative estimate of drug-likeness (QED) is 0.370. The first-order chi connectivity index (χ1) is 14.6. The molecule has 1 atom stereocenters. The third-order valence-electron chi connectivity index (χ3n) is 5.15. The Kier molecular flexibility index (Phi) is 6.60. The second-order valence-corrected chi connectivity index (χ2v) is 8.08. The van der Waals surface area contributed by atoms with Crippen LogP contribution in [-0.4, -0.2) is 75.3 Å². The monoisotopic (exact) mass is 433 g/mol. The number of nitro groups is 1. The fraction of sp³-hybridized carbons (Fsp3) is 0.526. The number of morpholine rings is 1. The van der Waals surface area contributed by atoms with E-state index in [9.17, 15) is 14.9 Å². The molecule has 0 aliphatic carbocycles. The summed E-state index contributed by atoms with van der Waals surface area (Å²) >= 11 is 1.35. The number of hydrogen-bond donors (Lipinski definition) is 0. The van der Waals surface area contributed by atoms with Crippen LogP contribution in [0, 0.1) is 10.1 Å². The van der Waals surface area contributed by atoms with E-state index in [1.54, 1.807) is 17.0 Å². The Bertz CT molecular complexity index is 891. The standard InChI is InChI=1S/C19H23N5O5S/c25-17(22-7-10-28-11-8-22)13-30-19-21-20-18(23(19)12-16-2-1-9-29-16)14-3-5-15(6-4-14)24(26)27/h3-6,16H,1-2,7-13H2. The van der Waals surface area contributed by atoms with Gasteiger partial charge in [0.2, 0.25) is 5.91 Å². The maximum absolute atomic E-state index is 12.5. The van der Waals surface area contributed by atoms with Crippen LogP contribution in [0.25, 0.3) is 11.4 Å². The van der Waals surface area contributed by atoms with Crippen LogP contribution in [0.4, 0.5) is 5.69 Å². The minimum absolute atomic E-state index is 0.0228. The van der Waals surface area contributed by atoms with Crippen LogP contribution < -0.4 is 0 Å². The summed E-state index contributed by atoms with van der Waals surface area (Å²) in [5, 5.41) is 20.2. The highest BCUT2D eigenvalue weighted by Gasteiger charge is 2.24. The number of ether oxygens (including phenoxy) is 2. The van der Waals surface area contributed by atoms with Crippen LogP contribution in [0.5, 0.6) is 0 Å². The molecule has 2 aliphatic rings. The maximum Gasteiger partial charge on any atom is 0.269 e. The van der Waals surface area contributed by atoms with Crippen molar-refractivity contribution in [3.63, 3.8) is 0 Å². The summed E-state index contributed by atoms with van der Waals surface area (Å²) in [6.07, 6.45) is 2.03. The number of non-ortho nitro benzene ring substituents is 1. The van der Waals surface area contributed by atoms with Crippen molar-refractivity contribution in [2.45, 2.75) is 30.6 Å². The number of nitrogens with zero attached hydrogens (tertiary/aromatic N) is 5. The molecule has 1 aromatic heterocycles. The summed E-state index contributed by atoms with van der Waals surface area (Å²) in [4.78, 5) is 24.8. The molecule has 0 radical (unpaired) electrons. The molecular formula is C19H23N5O5S. The van der Waals surface area contributed by atoms with Gasteiger partial charge in [-0.1, -0.05) is 11.8 Å². The number of benzene rings is 1. The number of nitro benzene ring substituents is 1. The molecule has 10 nitrogen and oxygen atoms in total. The molecule has 0 saturated carbocycles. The molecule has 0 N–H and O–H groups in total. The highest BCUT2D eigenvalue weighted by Crippen LogP contribution is 2.28. The van der Waals surface area contributed by atoms with Crippen molar-refractivity contribution in [2.24, 2.45) is 0 Å². The lowest BCUT2D eigenvalue weighted by molar-refractivity contribution is -0.384. The fourth-order valence-electron chi connectivity index (χ4n) is 3.53. The highest BCUT2D eigenvalue weighted by molar-refractivity contribution is 7.99. The molecule has 11 heteroatoms. The van der Waals surface area contributed by atoms with Crippen molar-refractivity contribution in [3.05, 3.63) is 34.4 Å². The molecular weight excluding hydrogens is 410 g/mol. The summed E-state index contributed by atoms with van der Waals surface area (Å²) in [5.74, 6) is 0.928. The first kappa shape index (κ1) is 20.8. The predicted octanol–water partition coefficient (Wildman–Crippen LogP) is 1.98. The van der Waals surface area contributed by atoms with E-state index in [-0.39, 0.29) is 23.5 Å². The van der Waals surface area contributed by atoms with Gasteiger partial charge in [-0.05, 0) is 25.0 Å². The summed E-state index contributed by atoms with van der Waals surface area (Å²) in [6, 6.07) is 6.24. The molecule has 2 aliphatic heterocycles. The molecule has 2 fully saturated rings. The van der Waals surface area contributed by atoms with Crippen molar-refractivity contribution in [1.82, 2.24) is 19.7 Å². The molecule has 1 unspecified atom stereocenters. The smallest absolute Gasteiger partial charge is 0.269 e. The van der Waals surface area contributed by atoms with E-state index in [1.807, 2.05) is 4.57 Å². The lowest BCUT2D eigenvalue weighted by Gasteiger charge is -2.26. The minimum atomic E-state index is -0.431. The van der Waals surface area contributed by atoms with Crippen LogP contribution in [-0.2, 0) is 20.8 Å². The molecule has 0 bridgehead atoms. The molecule has 0 spiro atoms. The van der Waals surface area contributed by atoms with Crippen LogP contribution in [0.2, 0.25) is 0 Å². The Morgan fingerprint density at radius 3 is 2.63 bits per heavy atom. The Hall–Kier alpha value is -2.50. The van der Waals surface area contributed by atoms with E-state index in [2.05, 4.69) is 10.2 Å². The predicted molar refractivity (Wildman–Crippen MR) is 109 cm³/mol. The van der Waals surface area contributed by atoms with Crippen LogP contribution in [0.1, 0.15) is 12.8 Å². The highest BCUT2D eigenvalue weighted by atomic mass is 32.2. The van der Waals surface area contributed by atoms with Gasteiger partial charge < -0.3 is 14.4 Å². The van der Waals surface area contributed by atoms with Gasteiger partial charge >= 0.3 is 0 Å². The van der Waals surface area contributed by atoms with Crippen LogP contribution >= 0.6 is 11.8 Å². The van der Waals surface area contributed by atoms with E-state index in [0.29, 0.717) is 43.8 Å². The summed E-state index contributed by atoms with van der Waals surface area (Å²) in [5.41, 5.74) is 0.757. The van der Waals surface area contributed by atoms with Gasteiger partial charge in [0, 0.05) is 37.4 Å². The second-order valence-electron chi connectivity index (χ2n) is 7.14. The van der Waals surface area contributed by atoms with Crippen LogP contribution in [0.3, 0.4) is 0 Å². The fourth-order valence-corrected chi connectivity index (χ4v) is 4.38. The van der Waals surface area contributed by atoms with Crippen molar-refractivity contribution < 1.29 is 19.2 Å². The van der Waals surface area contributed by atoms with E-state index >= 15 is 0 Å². The van der Waals surface area contributed by atoms with Gasteiger partial charge in [-0.25, -0.2) is 0 Å². The number of thioether (sulfide) groups is 1. The summed E-state index contributed by atoms with van der Waals surface area (Å²) in [6.45, 7) is 3.66. The Labute approximate surface area is 177 Å². The van der Waals surface area contributed by atoms with E-state index < -0.39 is 4.92 Å². The van der Waals surface area contributed by atoms with Gasteiger partial charge in [-0.2, -0.15) is 0 Å². The third-order valence-corrected chi connectivity index (χ3v) is 6.10. The van der Waals surface area contributed by atoms with E-state index in [1.165, 1.54) is 23.9 Å².